The van der Waals surface area contributed by atoms with Gasteiger partial charge in [0.2, 0.25) is 0 Å². The van der Waals surface area contributed by atoms with Crippen molar-refractivity contribution in [1.29, 1.82) is 0 Å². The number of aromatic nitrogens is 1. The molecule has 1 aliphatic heterocycles. The van der Waals surface area contributed by atoms with Crippen molar-refractivity contribution in [2.24, 2.45) is 5.73 Å². The molecule has 2 heterocycles. The molecule has 0 amide bonds. The number of ether oxygens (including phenoxy) is 1. The first-order chi connectivity index (χ1) is 8.91. The van der Waals surface area contributed by atoms with Crippen molar-refractivity contribution in [3.05, 3.63) is 23.9 Å². The molecule has 0 spiro atoms. The van der Waals surface area contributed by atoms with Gasteiger partial charge >= 0.3 is 6.18 Å². The predicted molar refractivity (Wildman–Crippen MR) is 64.8 cm³/mol. The van der Waals surface area contributed by atoms with Crippen LogP contribution in [0.5, 0.6) is 0 Å². The highest BCUT2D eigenvalue weighted by molar-refractivity contribution is 5.43. The lowest BCUT2D eigenvalue weighted by atomic mass is 10.1. The van der Waals surface area contributed by atoms with Crippen molar-refractivity contribution in [2.45, 2.75) is 25.2 Å². The maximum atomic E-state index is 12.7. The van der Waals surface area contributed by atoms with E-state index in [-0.39, 0.29) is 12.1 Å². The Morgan fingerprint density at radius 3 is 2.89 bits per heavy atom. The van der Waals surface area contributed by atoms with Crippen LogP contribution in [0, 0.1) is 0 Å². The van der Waals surface area contributed by atoms with Gasteiger partial charge in [-0.05, 0) is 19.1 Å². The zero-order valence-electron chi connectivity index (χ0n) is 10.5. The van der Waals surface area contributed by atoms with Gasteiger partial charge < -0.3 is 15.4 Å². The molecule has 0 saturated carbocycles. The highest BCUT2D eigenvalue weighted by Crippen LogP contribution is 2.31. The number of hydrogen-bond donors (Lipinski definition) is 1. The molecule has 0 aliphatic carbocycles. The molecule has 1 aliphatic rings. The number of nitrogens with zero attached hydrogens (tertiary/aromatic N) is 2. The van der Waals surface area contributed by atoms with E-state index >= 15 is 0 Å². The lowest BCUT2D eigenvalue weighted by Gasteiger charge is -2.38. The van der Waals surface area contributed by atoms with Crippen LogP contribution in [-0.2, 0) is 10.9 Å². The van der Waals surface area contributed by atoms with Crippen LogP contribution < -0.4 is 10.6 Å². The minimum absolute atomic E-state index is 0.0289. The highest BCUT2D eigenvalue weighted by Gasteiger charge is 2.32. The van der Waals surface area contributed by atoms with E-state index in [1.807, 2.05) is 6.92 Å². The summed E-state index contributed by atoms with van der Waals surface area (Å²) in [4.78, 5) is 5.83. The lowest BCUT2D eigenvalue weighted by Crippen LogP contribution is -2.51. The van der Waals surface area contributed by atoms with Crippen molar-refractivity contribution in [2.75, 3.05) is 24.6 Å². The molecule has 7 heteroatoms. The summed E-state index contributed by atoms with van der Waals surface area (Å²) < 4.78 is 43.5. The smallest absolute Gasteiger partial charge is 0.373 e. The summed E-state index contributed by atoms with van der Waals surface area (Å²) in [6.07, 6.45) is -3.36. The van der Waals surface area contributed by atoms with Gasteiger partial charge in [0.15, 0.2) is 0 Å². The molecule has 4 nitrogen and oxygen atoms in total. The van der Waals surface area contributed by atoms with Crippen molar-refractivity contribution in [3.8, 4) is 0 Å². The Hall–Kier alpha value is -1.34. The molecule has 1 fully saturated rings. The first-order valence-electron chi connectivity index (χ1n) is 6.03. The second-order valence-electron chi connectivity index (χ2n) is 4.59. The van der Waals surface area contributed by atoms with E-state index in [0.29, 0.717) is 25.5 Å². The van der Waals surface area contributed by atoms with Crippen LogP contribution in [0.2, 0.25) is 0 Å². The van der Waals surface area contributed by atoms with Crippen LogP contribution in [0.25, 0.3) is 0 Å². The largest absolute Gasteiger partial charge is 0.416 e. The molecular formula is C12H16F3N3O. The molecule has 2 rings (SSSR count). The van der Waals surface area contributed by atoms with E-state index in [1.54, 1.807) is 4.90 Å². The Labute approximate surface area is 109 Å². The summed E-state index contributed by atoms with van der Waals surface area (Å²) in [5, 5.41) is 0. The molecule has 0 aromatic carbocycles. The SMILES string of the molecule is CC1COC(CN)CN1c1cc(C(F)(F)F)ccn1. The normalized spacial score (nSPS) is 24.6. The zero-order chi connectivity index (χ0) is 14.0. The van der Waals surface area contributed by atoms with Gasteiger partial charge in [-0.25, -0.2) is 4.98 Å². The van der Waals surface area contributed by atoms with Crippen LogP contribution >= 0.6 is 0 Å². The molecule has 19 heavy (non-hydrogen) atoms. The first-order valence-corrected chi connectivity index (χ1v) is 6.03. The summed E-state index contributed by atoms with van der Waals surface area (Å²) in [7, 11) is 0. The average Bonchev–Trinajstić information content (AvgIpc) is 2.38. The third-order valence-corrected chi connectivity index (χ3v) is 3.14. The topological polar surface area (TPSA) is 51.4 Å². The minimum Gasteiger partial charge on any atom is -0.373 e. The van der Waals surface area contributed by atoms with Gasteiger partial charge in [0, 0.05) is 19.3 Å². The van der Waals surface area contributed by atoms with Crippen molar-refractivity contribution in [3.63, 3.8) is 0 Å². The molecule has 2 atom stereocenters. The van der Waals surface area contributed by atoms with Crippen LogP contribution in [0.4, 0.5) is 19.0 Å². The zero-order valence-corrected chi connectivity index (χ0v) is 10.5. The molecule has 106 valence electrons. The van der Waals surface area contributed by atoms with Gasteiger partial charge in [0.05, 0.1) is 24.3 Å². The van der Waals surface area contributed by atoms with E-state index in [1.165, 1.54) is 6.20 Å². The number of rotatable bonds is 2. The number of anilines is 1. The number of morpholine rings is 1. The molecule has 2 N–H and O–H groups in total. The van der Waals surface area contributed by atoms with Gasteiger partial charge in [-0.1, -0.05) is 0 Å². The monoisotopic (exact) mass is 275 g/mol. The summed E-state index contributed by atoms with van der Waals surface area (Å²) in [5.41, 5.74) is 4.84. The predicted octanol–water partition coefficient (Wildman–Crippen LogP) is 1.65. The third kappa shape index (κ3) is 3.16. The Kier molecular flexibility index (Phi) is 3.96. The Morgan fingerprint density at radius 1 is 1.53 bits per heavy atom. The lowest BCUT2D eigenvalue weighted by molar-refractivity contribution is -0.137. The first kappa shape index (κ1) is 14.1. The van der Waals surface area contributed by atoms with Gasteiger partial charge in [-0.15, -0.1) is 0 Å². The Balaban J connectivity index is 2.25. The number of pyridine rings is 1. The maximum Gasteiger partial charge on any atom is 0.416 e. The fourth-order valence-corrected chi connectivity index (χ4v) is 2.03. The summed E-state index contributed by atoms with van der Waals surface area (Å²) in [6, 6.07) is 2.00. The molecule has 2 unspecified atom stereocenters. The molecule has 1 aromatic heterocycles. The van der Waals surface area contributed by atoms with E-state index in [2.05, 4.69) is 4.98 Å². The number of nitrogens with two attached hydrogens (primary N) is 1. The Morgan fingerprint density at radius 2 is 2.26 bits per heavy atom. The van der Waals surface area contributed by atoms with Gasteiger partial charge in [-0.3, -0.25) is 0 Å². The van der Waals surface area contributed by atoms with E-state index in [9.17, 15) is 13.2 Å². The van der Waals surface area contributed by atoms with E-state index < -0.39 is 11.7 Å². The van der Waals surface area contributed by atoms with Crippen LogP contribution in [0.3, 0.4) is 0 Å². The molecule has 0 bridgehead atoms. The summed E-state index contributed by atoms with van der Waals surface area (Å²) >= 11 is 0. The molecule has 1 aromatic rings. The van der Waals surface area contributed by atoms with Crippen LogP contribution in [0.15, 0.2) is 18.3 Å². The Bertz CT molecular complexity index is 438. The molecule has 1 saturated heterocycles. The number of hydrogen-bond acceptors (Lipinski definition) is 4. The maximum absolute atomic E-state index is 12.7. The third-order valence-electron chi connectivity index (χ3n) is 3.14. The standard InChI is InChI=1S/C12H16F3N3O/c1-8-7-19-10(5-16)6-18(8)11-4-9(2-3-17-11)12(13,14)15/h2-4,8,10H,5-7,16H2,1H3. The van der Waals surface area contributed by atoms with Crippen molar-refractivity contribution >= 4 is 5.82 Å². The quantitative estimate of drug-likeness (QED) is 0.891. The summed E-state index contributed by atoms with van der Waals surface area (Å²) in [5.74, 6) is 0.309. The highest BCUT2D eigenvalue weighted by atomic mass is 19.4. The number of halogens is 3. The van der Waals surface area contributed by atoms with Crippen molar-refractivity contribution in [1.82, 2.24) is 4.98 Å². The van der Waals surface area contributed by atoms with Crippen LogP contribution in [-0.4, -0.2) is 36.8 Å². The van der Waals surface area contributed by atoms with E-state index in [0.717, 1.165) is 12.1 Å². The second kappa shape index (κ2) is 5.34. The van der Waals surface area contributed by atoms with Gasteiger partial charge in [-0.2, -0.15) is 13.2 Å². The molecule has 0 radical (unpaired) electrons. The van der Waals surface area contributed by atoms with Crippen LogP contribution in [0.1, 0.15) is 12.5 Å². The summed E-state index contributed by atoms with van der Waals surface area (Å²) in [6.45, 7) is 3.10. The second-order valence-corrected chi connectivity index (χ2v) is 4.59. The van der Waals surface area contributed by atoms with Gasteiger partial charge in [0.25, 0.3) is 0 Å². The van der Waals surface area contributed by atoms with Crippen molar-refractivity contribution < 1.29 is 17.9 Å². The van der Waals surface area contributed by atoms with E-state index in [4.69, 9.17) is 10.5 Å². The molecular weight excluding hydrogens is 259 g/mol. The average molecular weight is 275 g/mol. The fourth-order valence-electron chi connectivity index (χ4n) is 2.03. The van der Waals surface area contributed by atoms with Gasteiger partial charge in [0.1, 0.15) is 5.82 Å². The minimum atomic E-state index is -4.36. The number of alkyl halides is 3. The fraction of sp³-hybridized carbons (Fsp3) is 0.583.